The summed E-state index contributed by atoms with van der Waals surface area (Å²) in [5.74, 6) is -0.0852. The fourth-order valence-corrected chi connectivity index (χ4v) is 5.00. The highest BCUT2D eigenvalue weighted by Crippen LogP contribution is 2.49. The number of carbonyl (C=O) groups excluding carboxylic acids is 1. The van der Waals surface area contributed by atoms with Crippen molar-refractivity contribution in [2.75, 3.05) is 13.2 Å². The van der Waals surface area contributed by atoms with E-state index in [9.17, 15) is 4.79 Å². The molecule has 1 fully saturated rings. The third kappa shape index (κ3) is 3.62. The van der Waals surface area contributed by atoms with Crippen LogP contribution in [0.25, 0.3) is 0 Å². The van der Waals surface area contributed by atoms with Crippen molar-refractivity contribution in [2.45, 2.75) is 32.0 Å². The predicted molar refractivity (Wildman–Crippen MR) is 119 cm³/mol. The number of fused-ring (bicyclic) bond motifs is 4. The summed E-state index contributed by atoms with van der Waals surface area (Å²) in [4.78, 5) is 15.0. The molecule has 1 saturated heterocycles. The standard InChI is InChI=1S/C22H23BrN2O3S/c1-3-27-20(26)18-19-16-13-15(23)9-10-17(16)28-22(18,2)25(21(29)24-19)12-11-14-7-5-4-6-8-14/h4-10,13,18-19H,3,11-12H2,1-2H3,(H,24,29)/t18-,19+,22+/m1/s1. The second-order valence-corrected chi connectivity index (χ2v) is 8.69. The van der Waals surface area contributed by atoms with E-state index >= 15 is 0 Å². The number of benzene rings is 2. The SMILES string of the molecule is CCOC(=O)[C@H]1[C@H]2NC(=S)N(CCc3ccccc3)[C@@]1(C)Oc1ccc(Br)cc12. The fourth-order valence-electron chi connectivity index (χ4n) is 4.22. The van der Waals surface area contributed by atoms with Gasteiger partial charge in [-0.1, -0.05) is 46.3 Å². The van der Waals surface area contributed by atoms with Gasteiger partial charge in [0.2, 0.25) is 0 Å². The van der Waals surface area contributed by atoms with Crippen LogP contribution in [0.4, 0.5) is 0 Å². The molecular formula is C22H23BrN2O3S. The predicted octanol–water partition coefficient (Wildman–Crippen LogP) is 4.21. The summed E-state index contributed by atoms with van der Waals surface area (Å²) in [5, 5.41) is 3.97. The lowest BCUT2D eigenvalue weighted by Gasteiger charge is -2.55. The van der Waals surface area contributed by atoms with Crippen LogP contribution < -0.4 is 10.1 Å². The highest BCUT2D eigenvalue weighted by atomic mass is 79.9. The van der Waals surface area contributed by atoms with Crippen molar-refractivity contribution in [3.63, 3.8) is 0 Å². The molecule has 2 aliphatic heterocycles. The van der Waals surface area contributed by atoms with Gasteiger partial charge in [-0.15, -0.1) is 0 Å². The zero-order valence-electron chi connectivity index (χ0n) is 16.4. The zero-order chi connectivity index (χ0) is 20.6. The van der Waals surface area contributed by atoms with Crippen LogP contribution in [-0.2, 0) is 16.0 Å². The summed E-state index contributed by atoms with van der Waals surface area (Å²) in [7, 11) is 0. The molecule has 1 N–H and O–H groups in total. The number of rotatable bonds is 5. The number of halogens is 1. The van der Waals surface area contributed by atoms with E-state index in [1.165, 1.54) is 5.56 Å². The lowest BCUT2D eigenvalue weighted by molar-refractivity contribution is -0.175. The number of nitrogens with zero attached hydrogens (tertiary/aromatic N) is 1. The van der Waals surface area contributed by atoms with Crippen LogP contribution >= 0.6 is 28.1 Å². The summed E-state index contributed by atoms with van der Waals surface area (Å²) in [6.45, 7) is 4.69. The Kier molecular flexibility index (Phi) is 5.53. The first-order valence-electron chi connectivity index (χ1n) is 9.71. The Morgan fingerprint density at radius 1 is 1.31 bits per heavy atom. The highest BCUT2D eigenvalue weighted by Gasteiger charge is 2.59. The lowest BCUT2D eigenvalue weighted by Crippen LogP contribution is -2.71. The lowest BCUT2D eigenvalue weighted by atomic mass is 9.79. The molecule has 0 amide bonds. The van der Waals surface area contributed by atoms with Gasteiger partial charge in [-0.3, -0.25) is 4.79 Å². The van der Waals surface area contributed by atoms with E-state index in [1.807, 2.05) is 55.1 Å². The van der Waals surface area contributed by atoms with E-state index in [1.54, 1.807) is 0 Å². The molecule has 0 aromatic heterocycles. The smallest absolute Gasteiger partial charge is 0.317 e. The fraction of sp³-hybridized carbons (Fsp3) is 0.364. The summed E-state index contributed by atoms with van der Waals surface area (Å²) in [6.07, 6.45) is 0.787. The van der Waals surface area contributed by atoms with Gasteiger partial charge in [-0.2, -0.15) is 0 Å². The summed E-state index contributed by atoms with van der Waals surface area (Å²) >= 11 is 9.22. The molecule has 0 saturated carbocycles. The topological polar surface area (TPSA) is 50.8 Å². The Morgan fingerprint density at radius 3 is 2.79 bits per heavy atom. The first-order valence-corrected chi connectivity index (χ1v) is 10.9. The minimum atomic E-state index is -0.936. The van der Waals surface area contributed by atoms with Crippen molar-refractivity contribution in [1.29, 1.82) is 0 Å². The van der Waals surface area contributed by atoms with E-state index in [0.29, 0.717) is 18.3 Å². The van der Waals surface area contributed by atoms with Gasteiger partial charge in [0.15, 0.2) is 10.8 Å². The minimum Gasteiger partial charge on any atom is -0.467 e. The monoisotopic (exact) mass is 474 g/mol. The molecule has 0 aliphatic carbocycles. The van der Waals surface area contributed by atoms with Crippen LogP contribution in [0, 0.1) is 5.92 Å². The first kappa shape index (κ1) is 20.2. The molecule has 29 heavy (non-hydrogen) atoms. The van der Waals surface area contributed by atoms with Crippen molar-refractivity contribution in [3.8, 4) is 5.75 Å². The number of esters is 1. The van der Waals surface area contributed by atoms with Crippen LogP contribution in [0.3, 0.4) is 0 Å². The molecule has 2 heterocycles. The molecule has 4 rings (SSSR count). The van der Waals surface area contributed by atoms with Crippen molar-refractivity contribution in [3.05, 3.63) is 64.1 Å². The van der Waals surface area contributed by atoms with Gasteiger partial charge in [0.1, 0.15) is 11.7 Å². The minimum absolute atomic E-state index is 0.287. The van der Waals surface area contributed by atoms with Crippen molar-refractivity contribution in [1.82, 2.24) is 10.2 Å². The van der Waals surface area contributed by atoms with Crippen LogP contribution in [0.5, 0.6) is 5.75 Å². The second-order valence-electron chi connectivity index (χ2n) is 7.38. The maximum Gasteiger partial charge on any atom is 0.317 e. The normalized spacial score (nSPS) is 24.9. The van der Waals surface area contributed by atoms with Crippen LogP contribution in [0.15, 0.2) is 53.0 Å². The van der Waals surface area contributed by atoms with Crippen LogP contribution in [0.2, 0.25) is 0 Å². The molecule has 2 aliphatic rings. The number of nitrogens with one attached hydrogen (secondary N) is 1. The average molecular weight is 475 g/mol. The van der Waals surface area contributed by atoms with Crippen molar-refractivity contribution in [2.24, 2.45) is 5.92 Å². The van der Waals surface area contributed by atoms with Crippen LogP contribution in [-0.4, -0.2) is 34.9 Å². The summed E-state index contributed by atoms with van der Waals surface area (Å²) in [6, 6.07) is 15.7. The largest absolute Gasteiger partial charge is 0.467 e. The highest BCUT2D eigenvalue weighted by molar-refractivity contribution is 9.10. The van der Waals surface area contributed by atoms with E-state index in [2.05, 4.69) is 33.4 Å². The first-order chi connectivity index (χ1) is 13.9. The van der Waals surface area contributed by atoms with E-state index in [-0.39, 0.29) is 12.0 Å². The number of carbonyl (C=O) groups is 1. The Bertz CT molecular complexity index is 939. The second kappa shape index (κ2) is 7.95. The Hall–Kier alpha value is -2.12. The quantitative estimate of drug-likeness (QED) is 0.517. The van der Waals surface area contributed by atoms with Gasteiger partial charge in [0.05, 0.1) is 12.6 Å². The molecule has 152 valence electrons. The van der Waals surface area contributed by atoms with Gasteiger partial charge in [0.25, 0.3) is 0 Å². The molecule has 2 aromatic carbocycles. The van der Waals surface area contributed by atoms with Crippen molar-refractivity contribution < 1.29 is 14.3 Å². The maximum absolute atomic E-state index is 13.0. The molecule has 0 unspecified atom stereocenters. The van der Waals surface area contributed by atoms with Gasteiger partial charge < -0.3 is 19.7 Å². The maximum atomic E-state index is 13.0. The molecule has 2 aromatic rings. The Balaban J connectivity index is 1.72. The van der Waals surface area contributed by atoms with Crippen LogP contribution in [0.1, 0.15) is 31.0 Å². The number of ether oxygens (including phenoxy) is 2. The third-order valence-electron chi connectivity index (χ3n) is 5.60. The molecule has 0 spiro atoms. The van der Waals surface area contributed by atoms with Gasteiger partial charge in [-0.05, 0) is 56.2 Å². The molecule has 5 nitrogen and oxygen atoms in total. The Labute approximate surface area is 184 Å². The molecule has 2 bridgehead atoms. The average Bonchev–Trinajstić information content (AvgIpc) is 2.69. The molecule has 0 radical (unpaired) electrons. The number of thiocarbonyl (C=S) groups is 1. The molecule has 7 heteroatoms. The number of hydrogen-bond acceptors (Lipinski definition) is 4. The van der Waals surface area contributed by atoms with Gasteiger partial charge in [0, 0.05) is 16.6 Å². The molecular weight excluding hydrogens is 452 g/mol. The van der Waals surface area contributed by atoms with E-state index in [4.69, 9.17) is 21.7 Å². The van der Waals surface area contributed by atoms with Gasteiger partial charge in [-0.25, -0.2) is 0 Å². The van der Waals surface area contributed by atoms with E-state index < -0.39 is 11.6 Å². The zero-order valence-corrected chi connectivity index (χ0v) is 18.8. The van der Waals surface area contributed by atoms with Gasteiger partial charge >= 0.3 is 5.97 Å². The number of hydrogen-bond donors (Lipinski definition) is 1. The summed E-state index contributed by atoms with van der Waals surface area (Å²) < 4.78 is 12.8. The Morgan fingerprint density at radius 2 is 2.07 bits per heavy atom. The third-order valence-corrected chi connectivity index (χ3v) is 6.43. The summed E-state index contributed by atoms with van der Waals surface area (Å²) in [5.41, 5.74) is 1.17. The molecule has 3 atom stereocenters. The van der Waals surface area contributed by atoms with E-state index in [0.717, 1.165) is 22.2 Å². The van der Waals surface area contributed by atoms with Crippen molar-refractivity contribution >= 4 is 39.2 Å².